The van der Waals surface area contributed by atoms with Gasteiger partial charge in [0.15, 0.2) is 0 Å². The zero-order chi connectivity index (χ0) is 25.8. The number of benzene rings is 1. The summed E-state index contributed by atoms with van der Waals surface area (Å²) in [6.45, 7) is 1.90. The van der Waals surface area contributed by atoms with Gasteiger partial charge in [0.05, 0.1) is 24.1 Å². The van der Waals surface area contributed by atoms with Crippen molar-refractivity contribution in [3.05, 3.63) is 54.6 Å². The summed E-state index contributed by atoms with van der Waals surface area (Å²) < 4.78 is -1.37. The summed E-state index contributed by atoms with van der Waals surface area (Å²) in [5.74, 6) is 1.22. The second kappa shape index (κ2) is 13.8. The molecule has 1 aliphatic carbocycles. The van der Waals surface area contributed by atoms with Crippen molar-refractivity contribution in [2.75, 3.05) is 24.2 Å². The van der Waals surface area contributed by atoms with Crippen molar-refractivity contribution >= 4 is 59.1 Å². The van der Waals surface area contributed by atoms with E-state index in [1.807, 2.05) is 44.3 Å². The second-order valence-corrected chi connectivity index (χ2v) is 10.0. The molecule has 1 aliphatic rings. The molecule has 3 N–H and O–H groups in total. The highest BCUT2D eigenvalue weighted by atomic mass is 35.6. The predicted octanol–water partition coefficient (Wildman–Crippen LogP) is 5.63. The first kappa shape index (κ1) is 28.3. The van der Waals surface area contributed by atoms with Gasteiger partial charge in [0.25, 0.3) is 6.47 Å². The molecule has 1 fully saturated rings. The molecular formula is C24H26Cl3N5O3. The van der Waals surface area contributed by atoms with E-state index in [9.17, 15) is 4.79 Å². The Morgan fingerprint density at radius 1 is 1.09 bits per heavy atom. The highest BCUT2D eigenvalue weighted by Gasteiger charge is 2.19. The minimum absolute atomic E-state index is 0.190. The third-order valence-electron chi connectivity index (χ3n) is 4.79. The summed E-state index contributed by atoms with van der Waals surface area (Å²) in [5, 5.41) is 13.0. The lowest BCUT2D eigenvalue weighted by molar-refractivity contribution is -0.122. The second-order valence-electron chi connectivity index (χ2n) is 7.52. The number of carboxylic acid groups (broad SMARTS) is 1. The standard InChI is InChI=1S/C19H18Cl3N5.C4H6O.CH2O2/c1-12-16(7-15(9-24-12)25-10-19(20,21)22)13-4-3-5-14(6-13)17-8-18(23-2)27-11-26-17;5-3-4-1-2-4;2-1-3/h3-9,11,25H,10H2,1-2H3,(H,23,26,27);3-4H,1-2H2;1H,(H,2,3). The number of hydrogen-bond donors (Lipinski definition) is 3. The number of rotatable bonds is 6. The third kappa shape index (κ3) is 10.1. The molecule has 0 bridgehead atoms. The van der Waals surface area contributed by atoms with Crippen LogP contribution >= 0.6 is 34.8 Å². The number of aromatic nitrogens is 3. The fourth-order valence-corrected chi connectivity index (χ4v) is 3.06. The molecule has 0 spiro atoms. The molecule has 11 heteroatoms. The van der Waals surface area contributed by atoms with Gasteiger partial charge in [-0.05, 0) is 37.5 Å². The van der Waals surface area contributed by atoms with Crippen molar-refractivity contribution in [2.24, 2.45) is 5.92 Å². The Hall–Kier alpha value is -2.94. The van der Waals surface area contributed by atoms with Gasteiger partial charge >= 0.3 is 0 Å². The number of nitrogens with zero attached hydrogens (tertiary/aromatic N) is 3. The Balaban J connectivity index is 0.000000462. The maximum Gasteiger partial charge on any atom is 0.290 e. The molecular weight excluding hydrogens is 513 g/mol. The average Bonchev–Trinajstić information content (AvgIpc) is 3.69. The van der Waals surface area contributed by atoms with E-state index < -0.39 is 3.79 Å². The Bertz CT molecular complexity index is 1120. The lowest BCUT2D eigenvalue weighted by Crippen LogP contribution is -2.17. The van der Waals surface area contributed by atoms with E-state index in [0.717, 1.165) is 58.7 Å². The Kier molecular flexibility index (Phi) is 11.2. The topological polar surface area (TPSA) is 117 Å². The first-order valence-corrected chi connectivity index (χ1v) is 11.7. The van der Waals surface area contributed by atoms with E-state index in [-0.39, 0.29) is 13.0 Å². The molecule has 0 saturated heterocycles. The summed E-state index contributed by atoms with van der Waals surface area (Å²) in [6, 6.07) is 12.0. The van der Waals surface area contributed by atoms with Gasteiger partial charge in [0.1, 0.15) is 18.4 Å². The van der Waals surface area contributed by atoms with E-state index in [0.29, 0.717) is 5.92 Å². The lowest BCUT2D eigenvalue weighted by Gasteiger charge is -2.15. The van der Waals surface area contributed by atoms with Gasteiger partial charge in [-0.1, -0.05) is 53.0 Å². The molecule has 2 heterocycles. The smallest absolute Gasteiger partial charge is 0.290 e. The van der Waals surface area contributed by atoms with E-state index in [2.05, 4.69) is 31.7 Å². The fourth-order valence-electron chi connectivity index (χ4n) is 2.85. The van der Waals surface area contributed by atoms with Crippen LogP contribution in [0, 0.1) is 12.8 Å². The third-order valence-corrected chi connectivity index (χ3v) is 5.19. The highest BCUT2D eigenvalue weighted by molar-refractivity contribution is 6.67. The number of aryl methyl sites for hydroxylation is 1. The number of anilines is 2. The van der Waals surface area contributed by atoms with Crippen molar-refractivity contribution < 1.29 is 14.7 Å². The number of carbonyl (C=O) groups is 2. The molecule has 0 aliphatic heterocycles. The minimum Gasteiger partial charge on any atom is -0.483 e. The summed E-state index contributed by atoms with van der Waals surface area (Å²) in [5.41, 5.74) is 5.54. The van der Waals surface area contributed by atoms with Gasteiger partial charge in [-0.3, -0.25) is 9.78 Å². The Morgan fingerprint density at radius 3 is 2.34 bits per heavy atom. The van der Waals surface area contributed by atoms with Crippen LogP contribution in [0.2, 0.25) is 0 Å². The van der Waals surface area contributed by atoms with E-state index >= 15 is 0 Å². The van der Waals surface area contributed by atoms with E-state index in [1.165, 1.54) is 0 Å². The largest absolute Gasteiger partial charge is 0.483 e. The number of alkyl halides is 3. The fraction of sp³-hybridized carbons (Fsp3) is 0.292. The molecule has 35 heavy (non-hydrogen) atoms. The van der Waals surface area contributed by atoms with E-state index in [4.69, 9.17) is 44.7 Å². The van der Waals surface area contributed by atoms with Crippen LogP contribution in [-0.2, 0) is 9.59 Å². The van der Waals surface area contributed by atoms with Crippen LogP contribution in [0.3, 0.4) is 0 Å². The Morgan fingerprint density at radius 2 is 1.77 bits per heavy atom. The van der Waals surface area contributed by atoms with Crippen LogP contribution in [0.4, 0.5) is 11.5 Å². The van der Waals surface area contributed by atoms with E-state index in [1.54, 1.807) is 12.5 Å². The summed E-state index contributed by atoms with van der Waals surface area (Å²) in [4.78, 5) is 30.9. The van der Waals surface area contributed by atoms with Gasteiger partial charge in [0, 0.05) is 35.9 Å². The molecule has 8 nitrogen and oxygen atoms in total. The van der Waals surface area contributed by atoms with Crippen molar-refractivity contribution in [1.82, 2.24) is 15.0 Å². The quantitative estimate of drug-likeness (QED) is 0.273. The first-order valence-electron chi connectivity index (χ1n) is 10.6. The van der Waals surface area contributed by atoms with Crippen molar-refractivity contribution in [2.45, 2.75) is 23.6 Å². The van der Waals surface area contributed by atoms with Gasteiger partial charge in [-0.2, -0.15) is 0 Å². The van der Waals surface area contributed by atoms with Crippen molar-refractivity contribution in [1.29, 1.82) is 0 Å². The number of halogens is 3. The zero-order valence-corrected chi connectivity index (χ0v) is 21.5. The van der Waals surface area contributed by atoms with Crippen LogP contribution in [0.15, 0.2) is 48.9 Å². The predicted molar refractivity (Wildman–Crippen MR) is 141 cm³/mol. The van der Waals surface area contributed by atoms with Crippen molar-refractivity contribution in [3.63, 3.8) is 0 Å². The van der Waals surface area contributed by atoms with Gasteiger partial charge in [-0.25, -0.2) is 9.97 Å². The van der Waals surface area contributed by atoms with Gasteiger partial charge in [-0.15, -0.1) is 0 Å². The van der Waals surface area contributed by atoms with Gasteiger partial charge in [0.2, 0.25) is 3.79 Å². The van der Waals surface area contributed by atoms with Crippen LogP contribution < -0.4 is 10.6 Å². The number of hydrogen-bond acceptors (Lipinski definition) is 7. The summed E-state index contributed by atoms with van der Waals surface area (Å²) in [7, 11) is 1.83. The summed E-state index contributed by atoms with van der Waals surface area (Å²) >= 11 is 17.4. The van der Waals surface area contributed by atoms with Gasteiger partial charge < -0.3 is 20.5 Å². The molecule has 3 aromatic rings. The maximum absolute atomic E-state index is 9.57. The molecule has 1 saturated carbocycles. The number of pyridine rings is 1. The monoisotopic (exact) mass is 537 g/mol. The SMILES string of the molecule is CNc1cc(-c2cccc(-c3cc(NCC(Cl)(Cl)Cl)cnc3C)c2)ncn1.O=CC1CC1.O=CO. The zero-order valence-electron chi connectivity index (χ0n) is 19.2. The molecule has 186 valence electrons. The molecule has 2 aromatic heterocycles. The van der Waals surface area contributed by atoms with Crippen LogP contribution in [0.5, 0.6) is 0 Å². The van der Waals surface area contributed by atoms with Crippen LogP contribution in [0.25, 0.3) is 22.4 Å². The van der Waals surface area contributed by atoms with Crippen LogP contribution in [-0.4, -0.2) is 50.2 Å². The number of aldehydes is 1. The lowest BCUT2D eigenvalue weighted by atomic mass is 10.0. The minimum atomic E-state index is -1.37. The normalized spacial score (nSPS) is 12.3. The maximum atomic E-state index is 9.57. The molecule has 0 unspecified atom stereocenters. The number of carbonyl (C=O) groups excluding carboxylic acids is 1. The summed E-state index contributed by atoms with van der Waals surface area (Å²) in [6.07, 6.45) is 6.58. The van der Waals surface area contributed by atoms with Crippen LogP contribution in [0.1, 0.15) is 18.5 Å². The number of nitrogens with one attached hydrogen (secondary N) is 2. The highest BCUT2D eigenvalue weighted by Crippen LogP contribution is 2.30. The first-order chi connectivity index (χ1) is 16.7. The molecule has 0 amide bonds. The average molecular weight is 539 g/mol. The van der Waals surface area contributed by atoms with Crippen molar-refractivity contribution in [3.8, 4) is 22.4 Å². The Labute approximate surface area is 219 Å². The molecule has 0 atom stereocenters. The molecule has 1 aromatic carbocycles. The molecule has 0 radical (unpaired) electrons. The molecule has 4 rings (SSSR count).